The number of nitrogens with one attached hydrogen (secondary N) is 1. The number of aliphatic hydroxyl groups excluding tert-OH is 1. The first-order valence-corrected chi connectivity index (χ1v) is 23.1. The summed E-state index contributed by atoms with van der Waals surface area (Å²) >= 11 is 0. The van der Waals surface area contributed by atoms with E-state index in [9.17, 15) is 14.7 Å². The van der Waals surface area contributed by atoms with Crippen LogP contribution in [0.2, 0.25) is 0 Å². The molecule has 0 heterocycles. The lowest BCUT2D eigenvalue weighted by Gasteiger charge is -2.16. The normalized spacial score (nSPS) is 12.1. The molecule has 0 aromatic heterocycles. The van der Waals surface area contributed by atoms with Crippen LogP contribution in [-0.4, -0.2) is 29.4 Å². The highest BCUT2D eigenvalue weighted by Crippen LogP contribution is 2.16. The number of aliphatic hydroxyl groups is 1. The van der Waals surface area contributed by atoms with Gasteiger partial charge < -0.3 is 10.4 Å². The average molecular weight is 706 g/mol. The summed E-state index contributed by atoms with van der Waals surface area (Å²) in [7, 11) is 0. The van der Waals surface area contributed by atoms with Gasteiger partial charge in [-0.1, -0.05) is 226 Å². The number of carbonyl (C=O) groups is 2. The number of rotatable bonds is 43. The molecule has 0 radical (unpaired) electrons. The largest absolute Gasteiger partial charge is 0.394 e. The van der Waals surface area contributed by atoms with Crippen molar-refractivity contribution >= 4 is 11.7 Å². The molecule has 0 rings (SSSR count). The average Bonchev–Trinajstić information content (AvgIpc) is 3.12. The van der Waals surface area contributed by atoms with E-state index in [1.807, 2.05) is 0 Å². The van der Waals surface area contributed by atoms with Crippen LogP contribution in [0.4, 0.5) is 0 Å². The third-order valence-corrected chi connectivity index (χ3v) is 10.9. The van der Waals surface area contributed by atoms with E-state index in [-0.39, 0.29) is 18.6 Å². The molecule has 1 atom stereocenters. The summed E-state index contributed by atoms with van der Waals surface area (Å²) < 4.78 is 0. The molecule has 2 N–H and O–H groups in total. The standard InChI is InChI=1S/C46H91NO3/c1-3-5-7-9-11-13-14-15-17-20-24-27-31-35-39-44(43-48)47-46(50)42-38-34-30-26-22-19-16-18-21-25-29-33-37-41-45(49)40-36-32-28-23-12-10-8-6-4-2/h44,48H,3-43H2,1-2H3,(H,47,50)/t44-/m0/s1. The van der Waals surface area contributed by atoms with Gasteiger partial charge in [0, 0.05) is 19.3 Å². The molecular formula is C46H91NO3. The van der Waals surface area contributed by atoms with Gasteiger partial charge in [0.15, 0.2) is 0 Å². The number of hydrogen-bond donors (Lipinski definition) is 2. The van der Waals surface area contributed by atoms with Crippen molar-refractivity contribution in [1.29, 1.82) is 0 Å². The van der Waals surface area contributed by atoms with Gasteiger partial charge >= 0.3 is 0 Å². The quantitative estimate of drug-likeness (QED) is 0.0621. The number of ketones is 1. The number of unbranched alkanes of at least 4 members (excludes halogenated alkanes) is 33. The van der Waals surface area contributed by atoms with Crippen LogP contribution in [-0.2, 0) is 9.59 Å². The van der Waals surface area contributed by atoms with E-state index in [2.05, 4.69) is 19.2 Å². The fourth-order valence-electron chi connectivity index (χ4n) is 7.40. The summed E-state index contributed by atoms with van der Waals surface area (Å²) in [5.41, 5.74) is 0. The molecule has 0 aliphatic heterocycles. The minimum atomic E-state index is -0.0664. The highest BCUT2D eigenvalue weighted by Gasteiger charge is 2.11. The van der Waals surface area contributed by atoms with Crippen LogP contribution in [0.25, 0.3) is 0 Å². The Hall–Kier alpha value is -0.900. The number of carbonyl (C=O) groups excluding carboxylic acids is 2. The summed E-state index contributed by atoms with van der Waals surface area (Å²) in [4.78, 5) is 24.5. The fourth-order valence-corrected chi connectivity index (χ4v) is 7.40. The van der Waals surface area contributed by atoms with Gasteiger partial charge in [-0.25, -0.2) is 0 Å². The molecule has 0 aromatic rings. The van der Waals surface area contributed by atoms with Crippen LogP contribution in [0, 0.1) is 0 Å². The Labute approximate surface area is 314 Å². The van der Waals surface area contributed by atoms with Crippen LogP contribution in [0.1, 0.15) is 271 Å². The first-order valence-electron chi connectivity index (χ1n) is 23.1. The van der Waals surface area contributed by atoms with E-state index in [0.717, 1.165) is 51.4 Å². The van der Waals surface area contributed by atoms with Gasteiger partial charge in [0.1, 0.15) is 5.78 Å². The Morgan fingerprint density at radius 1 is 0.380 bits per heavy atom. The predicted molar refractivity (Wildman–Crippen MR) is 220 cm³/mol. The Balaban J connectivity index is 3.38. The van der Waals surface area contributed by atoms with Gasteiger partial charge in [0.2, 0.25) is 5.91 Å². The molecule has 0 fully saturated rings. The highest BCUT2D eigenvalue weighted by molar-refractivity contribution is 5.78. The molecule has 0 bridgehead atoms. The second kappa shape index (κ2) is 42.5. The van der Waals surface area contributed by atoms with Crippen molar-refractivity contribution in [2.45, 2.75) is 277 Å². The Bertz CT molecular complexity index is 680. The van der Waals surface area contributed by atoms with Gasteiger partial charge in [-0.2, -0.15) is 0 Å². The van der Waals surface area contributed by atoms with Crippen molar-refractivity contribution in [1.82, 2.24) is 5.32 Å². The molecule has 0 aliphatic rings. The maximum absolute atomic E-state index is 12.4. The van der Waals surface area contributed by atoms with E-state index >= 15 is 0 Å². The Morgan fingerprint density at radius 2 is 0.640 bits per heavy atom. The summed E-state index contributed by atoms with van der Waals surface area (Å²) in [5, 5.41) is 12.8. The smallest absolute Gasteiger partial charge is 0.220 e. The topological polar surface area (TPSA) is 66.4 Å². The second-order valence-electron chi connectivity index (χ2n) is 16.0. The highest BCUT2D eigenvalue weighted by atomic mass is 16.3. The number of amides is 1. The molecule has 0 aromatic carbocycles. The molecule has 0 saturated carbocycles. The monoisotopic (exact) mass is 706 g/mol. The zero-order valence-corrected chi connectivity index (χ0v) is 34.3. The Kier molecular flexibility index (Phi) is 41.7. The molecule has 4 nitrogen and oxygen atoms in total. The maximum atomic E-state index is 12.4. The summed E-state index contributed by atoms with van der Waals surface area (Å²) in [5.74, 6) is 0.618. The van der Waals surface area contributed by atoms with E-state index in [1.165, 1.54) is 199 Å². The van der Waals surface area contributed by atoms with Crippen LogP contribution < -0.4 is 5.32 Å². The van der Waals surface area contributed by atoms with E-state index in [0.29, 0.717) is 12.2 Å². The molecule has 4 heteroatoms. The molecule has 1 amide bonds. The number of hydrogen-bond acceptors (Lipinski definition) is 3. The molecule has 50 heavy (non-hydrogen) atoms. The molecule has 0 unspecified atom stereocenters. The zero-order chi connectivity index (χ0) is 36.4. The van der Waals surface area contributed by atoms with E-state index in [1.54, 1.807) is 0 Å². The van der Waals surface area contributed by atoms with Crippen molar-refractivity contribution in [3.05, 3.63) is 0 Å². The summed E-state index contributed by atoms with van der Waals surface area (Å²) in [6.07, 6.45) is 50.2. The van der Waals surface area contributed by atoms with E-state index in [4.69, 9.17) is 0 Å². The van der Waals surface area contributed by atoms with Gasteiger partial charge in [0.05, 0.1) is 12.6 Å². The number of Topliss-reactive ketones (excluding diaryl/α,β-unsaturated/α-hetero) is 1. The second-order valence-corrected chi connectivity index (χ2v) is 16.0. The molecular weight excluding hydrogens is 615 g/mol. The van der Waals surface area contributed by atoms with E-state index < -0.39 is 0 Å². The van der Waals surface area contributed by atoms with Crippen molar-refractivity contribution in [3.8, 4) is 0 Å². The molecule has 0 spiro atoms. The van der Waals surface area contributed by atoms with Crippen LogP contribution in [0.5, 0.6) is 0 Å². The van der Waals surface area contributed by atoms with Gasteiger partial charge in [0.25, 0.3) is 0 Å². The molecule has 0 aliphatic carbocycles. The van der Waals surface area contributed by atoms with Crippen molar-refractivity contribution in [2.24, 2.45) is 0 Å². The summed E-state index contributed by atoms with van der Waals surface area (Å²) in [6, 6.07) is -0.0664. The zero-order valence-electron chi connectivity index (χ0n) is 34.3. The molecule has 298 valence electrons. The SMILES string of the molecule is CCCCCCCCCCCCCCCC[C@@H](CO)NC(=O)CCCCCCCCCCCCCCCC(=O)CCCCCCCCCCC. The van der Waals surface area contributed by atoms with Gasteiger partial charge in [-0.15, -0.1) is 0 Å². The van der Waals surface area contributed by atoms with Crippen molar-refractivity contribution in [3.63, 3.8) is 0 Å². The van der Waals surface area contributed by atoms with Crippen LogP contribution in [0.3, 0.4) is 0 Å². The minimum Gasteiger partial charge on any atom is -0.394 e. The molecule has 0 saturated heterocycles. The first-order chi connectivity index (χ1) is 24.6. The van der Waals surface area contributed by atoms with Crippen molar-refractivity contribution in [2.75, 3.05) is 6.61 Å². The fraction of sp³-hybridized carbons (Fsp3) is 0.957. The third kappa shape index (κ3) is 39.9. The Morgan fingerprint density at radius 3 is 0.940 bits per heavy atom. The van der Waals surface area contributed by atoms with Gasteiger partial charge in [-0.3, -0.25) is 9.59 Å². The van der Waals surface area contributed by atoms with Gasteiger partial charge in [-0.05, 0) is 25.7 Å². The lowest BCUT2D eigenvalue weighted by atomic mass is 10.0. The summed E-state index contributed by atoms with van der Waals surface area (Å²) in [6.45, 7) is 4.61. The van der Waals surface area contributed by atoms with Crippen LogP contribution >= 0.6 is 0 Å². The minimum absolute atomic E-state index is 0.0602. The first kappa shape index (κ1) is 49.1. The predicted octanol–water partition coefficient (Wildman–Crippen LogP) is 14.7. The van der Waals surface area contributed by atoms with Crippen molar-refractivity contribution < 1.29 is 14.7 Å². The maximum Gasteiger partial charge on any atom is 0.220 e. The van der Waals surface area contributed by atoms with Crippen LogP contribution in [0.15, 0.2) is 0 Å². The third-order valence-electron chi connectivity index (χ3n) is 10.9. The lowest BCUT2D eigenvalue weighted by molar-refractivity contribution is -0.122. The lowest BCUT2D eigenvalue weighted by Crippen LogP contribution is -2.37.